The molecule has 20 heavy (non-hydrogen) atoms. The number of nitrogens with one attached hydrogen (secondary N) is 2. The van der Waals surface area contributed by atoms with Gasteiger partial charge >= 0.3 is 0 Å². The average Bonchev–Trinajstić information content (AvgIpc) is 3.26. The van der Waals surface area contributed by atoms with Crippen molar-refractivity contribution in [2.24, 2.45) is 5.92 Å². The highest BCUT2D eigenvalue weighted by atomic mass is 79.9. The average molecular weight is 341 g/mol. The number of rotatable bonds is 6. The monoisotopic (exact) mass is 340 g/mol. The highest BCUT2D eigenvalue weighted by Gasteiger charge is 2.29. The largest absolute Gasteiger partial charge is 0.391 e. The molecular formula is C14H17BrN2O3. The number of hydrogen-bond donors (Lipinski definition) is 3. The predicted octanol–water partition coefficient (Wildman–Crippen LogP) is 1.07. The SMILES string of the molecule is O=C(CNC(=O)c1cccc(Br)c1)NCC(O)C1CC1. The Labute approximate surface area is 125 Å². The second-order valence-corrected chi connectivity index (χ2v) is 5.82. The van der Waals surface area contributed by atoms with Crippen molar-refractivity contribution in [3.63, 3.8) is 0 Å². The van der Waals surface area contributed by atoms with Gasteiger partial charge in [-0.05, 0) is 37.0 Å². The molecule has 0 bridgehead atoms. The first-order valence-corrected chi connectivity index (χ1v) is 7.34. The van der Waals surface area contributed by atoms with E-state index in [0.717, 1.165) is 17.3 Å². The standard InChI is InChI=1S/C14H17BrN2O3/c15-11-3-1-2-10(6-11)14(20)17-8-13(19)16-7-12(18)9-4-5-9/h1-3,6,9,12,18H,4-5,7-8H2,(H,16,19)(H,17,20). The molecule has 1 aliphatic rings. The zero-order valence-electron chi connectivity index (χ0n) is 10.9. The first kappa shape index (κ1) is 15.0. The Morgan fingerprint density at radius 1 is 1.35 bits per heavy atom. The van der Waals surface area contributed by atoms with Gasteiger partial charge in [0.15, 0.2) is 0 Å². The van der Waals surface area contributed by atoms with Crippen molar-refractivity contribution in [3.8, 4) is 0 Å². The predicted molar refractivity (Wildman–Crippen MR) is 78.2 cm³/mol. The molecule has 1 unspecified atom stereocenters. The first-order chi connectivity index (χ1) is 9.56. The fourth-order valence-electron chi connectivity index (χ4n) is 1.82. The molecule has 0 saturated heterocycles. The van der Waals surface area contributed by atoms with Gasteiger partial charge in [0.1, 0.15) is 0 Å². The number of hydrogen-bond acceptors (Lipinski definition) is 3. The molecule has 1 aromatic carbocycles. The first-order valence-electron chi connectivity index (χ1n) is 6.55. The van der Waals surface area contributed by atoms with Gasteiger partial charge in [-0.15, -0.1) is 0 Å². The number of benzene rings is 1. The zero-order chi connectivity index (χ0) is 14.5. The number of amides is 2. The molecule has 108 valence electrons. The number of carbonyl (C=O) groups is 2. The van der Waals surface area contributed by atoms with Crippen molar-refractivity contribution in [2.45, 2.75) is 18.9 Å². The van der Waals surface area contributed by atoms with Gasteiger partial charge in [0.05, 0.1) is 12.6 Å². The third kappa shape index (κ3) is 4.61. The smallest absolute Gasteiger partial charge is 0.251 e. The molecule has 1 fully saturated rings. The number of halogens is 1. The number of aliphatic hydroxyl groups is 1. The van der Waals surface area contributed by atoms with E-state index in [2.05, 4.69) is 26.6 Å². The highest BCUT2D eigenvalue weighted by Crippen LogP contribution is 2.32. The molecule has 0 heterocycles. The minimum Gasteiger partial charge on any atom is -0.391 e. The van der Waals surface area contributed by atoms with Crippen LogP contribution in [0.1, 0.15) is 23.2 Å². The van der Waals surface area contributed by atoms with Crippen molar-refractivity contribution in [1.82, 2.24) is 10.6 Å². The summed E-state index contributed by atoms with van der Waals surface area (Å²) in [5, 5.41) is 14.8. The Morgan fingerprint density at radius 3 is 2.75 bits per heavy atom. The fraction of sp³-hybridized carbons (Fsp3) is 0.429. The van der Waals surface area contributed by atoms with Crippen molar-refractivity contribution in [1.29, 1.82) is 0 Å². The van der Waals surface area contributed by atoms with Crippen LogP contribution in [-0.4, -0.2) is 36.1 Å². The minimum absolute atomic E-state index is 0.0945. The number of carbonyl (C=O) groups excluding carboxylic acids is 2. The molecule has 2 rings (SSSR count). The number of aliphatic hydroxyl groups excluding tert-OH is 1. The summed E-state index contributed by atoms with van der Waals surface area (Å²) < 4.78 is 0.808. The molecule has 0 aliphatic heterocycles. The van der Waals surface area contributed by atoms with E-state index in [1.54, 1.807) is 18.2 Å². The van der Waals surface area contributed by atoms with Gasteiger partial charge in [0, 0.05) is 16.6 Å². The lowest BCUT2D eigenvalue weighted by molar-refractivity contribution is -0.120. The minimum atomic E-state index is -0.472. The Kier molecular flexibility index (Phi) is 5.14. The molecule has 0 radical (unpaired) electrons. The van der Waals surface area contributed by atoms with Crippen LogP contribution in [0.2, 0.25) is 0 Å². The van der Waals surface area contributed by atoms with E-state index in [1.165, 1.54) is 0 Å². The van der Waals surface area contributed by atoms with Gasteiger partial charge in [0.2, 0.25) is 5.91 Å². The molecule has 1 aliphatic carbocycles. The van der Waals surface area contributed by atoms with Gasteiger partial charge in [-0.3, -0.25) is 9.59 Å². The van der Waals surface area contributed by atoms with E-state index in [0.29, 0.717) is 11.5 Å². The molecule has 0 aromatic heterocycles. The lowest BCUT2D eigenvalue weighted by atomic mass is 10.2. The zero-order valence-corrected chi connectivity index (χ0v) is 12.5. The van der Waals surface area contributed by atoms with Crippen LogP contribution < -0.4 is 10.6 Å². The molecular weight excluding hydrogens is 324 g/mol. The van der Waals surface area contributed by atoms with Crippen LogP contribution >= 0.6 is 15.9 Å². The molecule has 1 saturated carbocycles. The van der Waals surface area contributed by atoms with Gasteiger partial charge < -0.3 is 15.7 Å². The van der Waals surface area contributed by atoms with Crippen LogP contribution in [0.3, 0.4) is 0 Å². The molecule has 1 aromatic rings. The third-order valence-corrected chi connectivity index (χ3v) is 3.66. The van der Waals surface area contributed by atoms with Crippen molar-refractivity contribution >= 4 is 27.7 Å². The molecule has 2 amide bonds. The molecule has 3 N–H and O–H groups in total. The van der Waals surface area contributed by atoms with Crippen LogP contribution in [0.15, 0.2) is 28.7 Å². The van der Waals surface area contributed by atoms with Gasteiger partial charge in [-0.25, -0.2) is 0 Å². The van der Waals surface area contributed by atoms with E-state index >= 15 is 0 Å². The van der Waals surface area contributed by atoms with E-state index in [9.17, 15) is 14.7 Å². The van der Waals surface area contributed by atoms with Crippen molar-refractivity contribution in [3.05, 3.63) is 34.3 Å². The third-order valence-electron chi connectivity index (χ3n) is 3.17. The summed E-state index contributed by atoms with van der Waals surface area (Å²) >= 11 is 3.28. The van der Waals surface area contributed by atoms with Crippen molar-refractivity contribution < 1.29 is 14.7 Å². The second kappa shape index (κ2) is 6.85. The van der Waals surface area contributed by atoms with Gasteiger partial charge in [-0.2, -0.15) is 0 Å². The maximum atomic E-state index is 11.8. The van der Waals surface area contributed by atoms with Crippen LogP contribution in [0.5, 0.6) is 0 Å². The Hall–Kier alpha value is -1.40. The van der Waals surface area contributed by atoms with E-state index in [4.69, 9.17) is 0 Å². The molecule has 0 spiro atoms. The summed E-state index contributed by atoms with van der Waals surface area (Å²) in [6.45, 7) is 0.152. The second-order valence-electron chi connectivity index (χ2n) is 4.90. The maximum absolute atomic E-state index is 11.8. The maximum Gasteiger partial charge on any atom is 0.251 e. The van der Waals surface area contributed by atoms with Gasteiger partial charge in [-0.1, -0.05) is 22.0 Å². The van der Waals surface area contributed by atoms with Crippen LogP contribution in [-0.2, 0) is 4.79 Å². The Morgan fingerprint density at radius 2 is 2.10 bits per heavy atom. The highest BCUT2D eigenvalue weighted by molar-refractivity contribution is 9.10. The summed E-state index contributed by atoms with van der Waals surface area (Å²) in [6, 6.07) is 6.94. The molecule has 5 nitrogen and oxygen atoms in total. The summed E-state index contributed by atoms with van der Waals surface area (Å²) in [5.41, 5.74) is 0.491. The Bertz CT molecular complexity index is 503. The van der Waals surface area contributed by atoms with Crippen LogP contribution in [0, 0.1) is 5.92 Å². The van der Waals surface area contributed by atoms with Crippen molar-refractivity contribution in [2.75, 3.05) is 13.1 Å². The van der Waals surface area contributed by atoms with Crippen LogP contribution in [0.25, 0.3) is 0 Å². The quantitative estimate of drug-likeness (QED) is 0.724. The summed E-state index contributed by atoms with van der Waals surface area (Å²) in [4.78, 5) is 23.3. The summed E-state index contributed by atoms with van der Waals surface area (Å²) in [7, 11) is 0. The lowest BCUT2D eigenvalue weighted by Crippen LogP contribution is -2.40. The molecule has 6 heteroatoms. The normalized spacial score (nSPS) is 15.5. The lowest BCUT2D eigenvalue weighted by Gasteiger charge is -2.11. The molecule has 1 atom stereocenters. The summed E-state index contributed by atoms with van der Waals surface area (Å²) in [5.74, 6) is -0.274. The van der Waals surface area contributed by atoms with E-state index in [-0.39, 0.29) is 24.9 Å². The Balaban J connectivity index is 1.71. The topological polar surface area (TPSA) is 78.4 Å². The van der Waals surface area contributed by atoms with E-state index in [1.807, 2.05) is 6.07 Å². The fourth-order valence-corrected chi connectivity index (χ4v) is 2.22. The van der Waals surface area contributed by atoms with E-state index < -0.39 is 6.10 Å². The van der Waals surface area contributed by atoms with Crippen LogP contribution in [0.4, 0.5) is 0 Å². The van der Waals surface area contributed by atoms with Gasteiger partial charge in [0.25, 0.3) is 5.91 Å². The summed E-state index contributed by atoms with van der Waals surface area (Å²) in [6.07, 6.45) is 1.58.